The van der Waals surface area contributed by atoms with E-state index in [4.69, 9.17) is 14.7 Å². The lowest BCUT2D eigenvalue weighted by Gasteiger charge is -2.12. The number of nitrogens with zero attached hydrogens (tertiary/aromatic N) is 6. The van der Waals surface area contributed by atoms with Crippen molar-refractivity contribution in [2.75, 3.05) is 27.2 Å². The Morgan fingerprint density at radius 2 is 1.90 bits per heavy atom. The number of aliphatic hydroxyl groups excluding tert-OH is 1. The molecule has 10 nitrogen and oxygen atoms in total. The molecule has 0 aliphatic carbocycles. The minimum Gasteiger partial charge on any atom is -0.492 e. The van der Waals surface area contributed by atoms with E-state index in [1.54, 1.807) is 11.7 Å². The number of aryl methyl sites for hydroxylation is 1. The first-order valence-corrected chi connectivity index (χ1v) is 12.5. The van der Waals surface area contributed by atoms with Crippen LogP contribution in [0.2, 0.25) is 0 Å². The van der Waals surface area contributed by atoms with Crippen LogP contribution < -0.4 is 4.74 Å². The van der Waals surface area contributed by atoms with Gasteiger partial charge in [0.15, 0.2) is 11.5 Å². The van der Waals surface area contributed by atoms with Gasteiger partial charge in [0.2, 0.25) is 0 Å². The summed E-state index contributed by atoms with van der Waals surface area (Å²) in [5.74, 6) is 0.612. The minimum atomic E-state index is -0.382. The zero-order valence-electron chi connectivity index (χ0n) is 21.7. The van der Waals surface area contributed by atoms with Gasteiger partial charge in [0.25, 0.3) is 0 Å². The fourth-order valence-electron chi connectivity index (χ4n) is 4.60. The SMILES string of the molecule is CN(C)CCOc1cc(F)cc(-c2cccc3[nH]c(-c4n[nH]c5ccc(-c6cn(C)nc6CO)nc45)nc23)c1. The number of aromatic amines is 2. The van der Waals surface area contributed by atoms with Crippen molar-refractivity contribution in [3.63, 3.8) is 0 Å². The van der Waals surface area contributed by atoms with Crippen molar-refractivity contribution in [2.24, 2.45) is 7.05 Å². The molecule has 6 aromatic rings. The summed E-state index contributed by atoms with van der Waals surface area (Å²) in [5.41, 5.74) is 6.78. The van der Waals surface area contributed by atoms with Gasteiger partial charge in [0.05, 0.1) is 34.5 Å². The van der Waals surface area contributed by atoms with Crippen LogP contribution in [0.3, 0.4) is 0 Å². The molecule has 2 aromatic carbocycles. The molecule has 6 rings (SSSR count). The Morgan fingerprint density at radius 3 is 2.72 bits per heavy atom. The predicted octanol–water partition coefficient (Wildman–Crippen LogP) is 4.14. The Kier molecular flexibility index (Phi) is 6.29. The summed E-state index contributed by atoms with van der Waals surface area (Å²) in [6, 6.07) is 14.2. The Hall–Kier alpha value is -4.61. The maximum absolute atomic E-state index is 14.6. The fourth-order valence-corrected chi connectivity index (χ4v) is 4.60. The summed E-state index contributed by atoms with van der Waals surface area (Å²) in [6.45, 7) is 0.981. The third-order valence-corrected chi connectivity index (χ3v) is 6.47. The van der Waals surface area contributed by atoms with Crippen LogP contribution >= 0.6 is 0 Å². The summed E-state index contributed by atoms with van der Waals surface area (Å²) in [6.07, 6.45) is 1.82. The standard InChI is InChI=1S/C28H27FN8O2/c1-36(2)9-10-39-18-12-16(11-17(29)13-18)19-5-4-6-22-25(19)32-28(31-22)27-26-23(33-34-27)8-7-21(30-26)20-14-37(3)35-24(20)15-38/h4-8,11-14,38H,9-10,15H2,1-3H3,(H,31,32)(H,33,34). The number of benzene rings is 2. The molecule has 0 aliphatic heterocycles. The number of nitrogens with one attached hydrogen (secondary N) is 2. The summed E-state index contributed by atoms with van der Waals surface area (Å²) in [7, 11) is 5.72. The molecule has 3 N–H and O–H groups in total. The number of halogens is 1. The van der Waals surface area contributed by atoms with Crippen LogP contribution in [-0.4, -0.2) is 72.2 Å². The van der Waals surface area contributed by atoms with Gasteiger partial charge in [0.1, 0.15) is 23.7 Å². The normalized spacial score (nSPS) is 11.7. The number of ether oxygens (including phenoxy) is 1. The molecule has 4 aromatic heterocycles. The lowest BCUT2D eigenvalue weighted by atomic mass is 10.0. The first kappa shape index (κ1) is 24.7. The molecular formula is C28H27FN8O2. The molecular weight excluding hydrogens is 499 g/mol. The number of aliphatic hydroxyl groups is 1. The molecule has 39 heavy (non-hydrogen) atoms. The van der Waals surface area contributed by atoms with E-state index in [1.165, 1.54) is 12.1 Å². The largest absolute Gasteiger partial charge is 0.492 e. The van der Waals surface area contributed by atoms with E-state index in [0.717, 1.165) is 28.7 Å². The number of pyridine rings is 1. The quantitative estimate of drug-likeness (QED) is 0.273. The van der Waals surface area contributed by atoms with Crippen LogP contribution in [-0.2, 0) is 13.7 Å². The average Bonchev–Trinajstić information content (AvgIpc) is 3.63. The molecule has 0 saturated carbocycles. The van der Waals surface area contributed by atoms with Crippen LogP contribution in [0.25, 0.3) is 56.0 Å². The highest BCUT2D eigenvalue weighted by molar-refractivity contribution is 5.96. The zero-order valence-corrected chi connectivity index (χ0v) is 21.7. The summed E-state index contributed by atoms with van der Waals surface area (Å²) in [5, 5.41) is 21.5. The van der Waals surface area contributed by atoms with Crippen molar-refractivity contribution >= 4 is 22.1 Å². The summed E-state index contributed by atoms with van der Waals surface area (Å²) >= 11 is 0. The molecule has 0 bridgehead atoms. The highest BCUT2D eigenvalue weighted by atomic mass is 19.1. The van der Waals surface area contributed by atoms with Crippen molar-refractivity contribution in [1.29, 1.82) is 0 Å². The van der Waals surface area contributed by atoms with Crippen molar-refractivity contribution in [3.8, 4) is 39.7 Å². The fraction of sp³-hybridized carbons (Fsp3) is 0.214. The monoisotopic (exact) mass is 526 g/mol. The van der Waals surface area contributed by atoms with Crippen molar-refractivity contribution in [1.82, 2.24) is 39.8 Å². The van der Waals surface area contributed by atoms with E-state index < -0.39 is 0 Å². The second kappa shape index (κ2) is 9.93. The highest BCUT2D eigenvalue weighted by Gasteiger charge is 2.19. The number of para-hydroxylation sites is 1. The number of fused-ring (bicyclic) bond motifs is 2. The van der Waals surface area contributed by atoms with Gasteiger partial charge in [-0.25, -0.2) is 14.4 Å². The predicted molar refractivity (Wildman–Crippen MR) is 147 cm³/mol. The molecule has 0 aliphatic rings. The van der Waals surface area contributed by atoms with E-state index in [0.29, 0.717) is 51.9 Å². The van der Waals surface area contributed by atoms with Crippen molar-refractivity contribution in [2.45, 2.75) is 6.61 Å². The second-order valence-corrected chi connectivity index (χ2v) is 9.60. The number of hydrogen-bond acceptors (Lipinski definition) is 7. The maximum Gasteiger partial charge on any atom is 0.161 e. The lowest BCUT2D eigenvalue weighted by molar-refractivity contribution is 0.260. The molecule has 0 unspecified atom stereocenters. The van der Waals surface area contributed by atoms with Gasteiger partial charge in [-0.1, -0.05) is 12.1 Å². The zero-order chi connectivity index (χ0) is 27.1. The number of imidazole rings is 1. The Bertz CT molecular complexity index is 1800. The van der Waals surface area contributed by atoms with Crippen LogP contribution in [0.1, 0.15) is 5.69 Å². The van der Waals surface area contributed by atoms with Gasteiger partial charge < -0.3 is 19.7 Å². The number of H-pyrrole nitrogens is 2. The lowest BCUT2D eigenvalue weighted by Crippen LogP contribution is -2.19. The van der Waals surface area contributed by atoms with Crippen molar-refractivity contribution in [3.05, 3.63) is 66.2 Å². The third-order valence-electron chi connectivity index (χ3n) is 6.47. The van der Waals surface area contributed by atoms with E-state index in [-0.39, 0.29) is 12.4 Å². The van der Waals surface area contributed by atoms with Crippen LogP contribution in [0.4, 0.5) is 4.39 Å². The Labute approximate surface area is 223 Å². The number of likely N-dealkylation sites (N-methyl/N-ethyl adjacent to an activating group) is 1. The average molecular weight is 527 g/mol. The van der Waals surface area contributed by atoms with E-state index in [1.807, 2.05) is 61.6 Å². The summed E-state index contributed by atoms with van der Waals surface area (Å²) < 4.78 is 22.0. The van der Waals surface area contributed by atoms with Gasteiger partial charge in [0, 0.05) is 37.0 Å². The Balaban J connectivity index is 1.41. The van der Waals surface area contributed by atoms with Crippen LogP contribution in [0.5, 0.6) is 5.75 Å². The second-order valence-electron chi connectivity index (χ2n) is 9.60. The van der Waals surface area contributed by atoms with Gasteiger partial charge in [-0.15, -0.1) is 0 Å². The van der Waals surface area contributed by atoms with E-state index in [2.05, 4.69) is 20.3 Å². The van der Waals surface area contributed by atoms with E-state index in [9.17, 15) is 9.50 Å². The van der Waals surface area contributed by atoms with Crippen molar-refractivity contribution < 1.29 is 14.2 Å². The summed E-state index contributed by atoms with van der Waals surface area (Å²) in [4.78, 5) is 15.0. The number of aromatic nitrogens is 7. The molecule has 0 spiro atoms. The molecule has 0 fully saturated rings. The van der Waals surface area contributed by atoms with Gasteiger partial charge in [-0.3, -0.25) is 9.78 Å². The molecule has 0 atom stereocenters. The number of hydrogen-bond donors (Lipinski definition) is 3. The smallest absolute Gasteiger partial charge is 0.161 e. The van der Waals surface area contributed by atoms with Crippen LogP contribution in [0.15, 0.2) is 54.7 Å². The first-order chi connectivity index (χ1) is 18.9. The highest BCUT2D eigenvalue weighted by Crippen LogP contribution is 2.34. The molecule has 0 radical (unpaired) electrons. The third kappa shape index (κ3) is 4.73. The first-order valence-electron chi connectivity index (χ1n) is 12.5. The van der Waals surface area contributed by atoms with E-state index >= 15 is 0 Å². The molecule has 198 valence electrons. The molecule has 0 amide bonds. The van der Waals surface area contributed by atoms with Gasteiger partial charge in [-0.05, 0) is 50.0 Å². The van der Waals surface area contributed by atoms with Crippen LogP contribution in [0, 0.1) is 5.82 Å². The van der Waals surface area contributed by atoms with Gasteiger partial charge >= 0.3 is 0 Å². The Morgan fingerprint density at radius 1 is 1.03 bits per heavy atom. The molecule has 0 saturated heterocycles. The molecule has 4 heterocycles. The maximum atomic E-state index is 14.6. The number of rotatable bonds is 8. The topological polar surface area (TPSA) is 121 Å². The van der Waals surface area contributed by atoms with Gasteiger partial charge in [-0.2, -0.15) is 10.2 Å². The molecule has 11 heteroatoms. The minimum absolute atomic E-state index is 0.191.